The second-order valence-corrected chi connectivity index (χ2v) is 7.29. The molecular weight excluding hydrogens is 360 g/mol. The third-order valence-electron chi connectivity index (χ3n) is 4.71. The first kappa shape index (κ1) is 19.8. The lowest BCUT2D eigenvalue weighted by atomic mass is 10.00. The van der Waals surface area contributed by atoms with E-state index in [0.717, 1.165) is 0 Å². The van der Waals surface area contributed by atoms with Gasteiger partial charge in [-0.05, 0) is 30.5 Å². The van der Waals surface area contributed by atoms with Crippen LogP contribution in [0.3, 0.4) is 0 Å². The standard InChI is InChI=1S/C20H24N4O4/c1-12(2)18-15(6-7-17(26)23-18)19(27)22-13-9-14(25)11-24(10-13)20(28)16-5-3-4-8-21-16/h3-8,12-14,25H,9-11H2,1-2H3,(H,22,27)(H,23,26)/t13-,14+/m0/s1. The summed E-state index contributed by atoms with van der Waals surface area (Å²) in [5.41, 5.74) is 0.977. The molecule has 8 heteroatoms. The number of amides is 2. The smallest absolute Gasteiger partial charge is 0.272 e. The molecule has 3 rings (SSSR count). The molecule has 0 unspecified atom stereocenters. The third-order valence-corrected chi connectivity index (χ3v) is 4.71. The normalized spacial score (nSPS) is 19.5. The maximum Gasteiger partial charge on any atom is 0.272 e. The lowest BCUT2D eigenvalue weighted by molar-refractivity contribution is 0.0367. The largest absolute Gasteiger partial charge is 0.391 e. The first-order valence-corrected chi connectivity index (χ1v) is 9.27. The molecular formula is C20H24N4O4. The van der Waals surface area contributed by atoms with Gasteiger partial charge >= 0.3 is 0 Å². The summed E-state index contributed by atoms with van der Waals surface area (Å²) in [7, 11) is 0. The average Bonchev–Trinajstić information content (AvgIpc) is 2.67. The predicted octanol–water partition coefficient (Wildman–Crippen LogP) is 0.899. The SMILES string of the molecule is CC(C)c1[nH]c(=O)ccc1C(=O)N[C@H]1C[C@@H](O)CN(C(=O)c2ccccn2)C1. The lowest BCUT2D eigenvalue weighted by Crippen LogP contribution is -2.54. The van der Waals surface area contributed by atoms with E-state index in [2.05, 4.69) is 15.3 Å². The summed E-state index contributed by atoms with van der Waals surface area (Å²) in [6.07, 6.45) is 1.14. The van der Waals surface area contributed by atoms with Crippen LogP contribution in [0.25, 0.3) is 0 Å². The van der Waals surface area contributed by atoms with Crippen molar-refractivity contribution in [1.29, 1.82) is 0 Å². The summed E-state index contributed by atoms with van der Waals surface area (Å²) in [5.74, 6) is -0.663. The molecule has 2 aromatic heterocycles. The molecule has 3 heterocycles. The van der Waals surface area contributed by atoms with Gasteiger partial charge in [0, 0.05) is 37.1 Å². The number of piperidine rings is 1. The van der Waals surface area contributed by atoms with Gasteiger partial charge in [0.15, 0.2) is 0 Å². The number of carbonyl (C=O) groups excluding carboxylic acids is 2. The van der Waals surface area contributed by atoms with E-state index in [1.807, 2.05) is 13.8 Å². The quantitative estimate of drug-likeness (QED) is 0.724. The Bertz CT molecular complexity index is 910. The molecule has 0 spiro atoms. The summed E-state index contributed by atoms with van der Waals surface area (Å²) in [6, 6.07) is 7.47. The van der Waals surface area contributed by atoms with Crippen LogP contribution in [0.2, 0.25) is 0 Å². The number of nitrogens with one attached hydrogen (secondary N) is 2. The predicted molar refractivity (Wildman–Crippen MR) is 103 cm³/mol. The van der Waals surface area contributed by atoms with Crippen molar-refractivity contribution in [1.82, 2.24) is 20.2 Å². The molecule has 1 aliphatic rings. The number of aromatic amines is 1. The molecule has 1 fully saturated rings. The van der Waals surface area contributed by atoms with E-state index < -0.39 is 12.1 Å². The summed E-state index contributed by atoms with van der Waals surface area (Å²) < 4.78 is 0. The summed E-state index contributed by atoms with van der Waals surface area (Å²) >= 11 is 0. The van der Waals surface area contributed by atoms with Gasteiger partial charge in [-0.3, -0.25) is 19.4 Å². The van der Waals surface area contributed by atoms with E-state index in [0.29, 0.717) is 23.4 Å². The Morgan fingerprint density at radius 3 is 2.71 bits per heavy atom. The highest BCUT2D eigenvalue weighted by molar-refractivity contribution is 5.96. The van der Waals surface area contributed by atoms with Crippen molar-refractivity contribution in [3.05, 3.63) is 63.8 Å². The van der Waals surface area contributed by atoms with E-state index in [4.69, 9.17) is 0 Å². The fourth-order valence-corrected chi connectivity index (χ4v) is 3.40. The van der Waals surface area contributed by atoms with E-state index in [9.17, 15) is 19.5 Å². The second-order valence-electron chi connectivity index (χ2n) is 7.29. The number of likely N-dealkylation sites (tertiary alicyclic amines) is 1. The number of hydrogen-bond donors (Lipinski definition) is 3. The van der Waals surface area contributed by atoms with Crippen LogP contribution < -0.4 is 10.9 Å². The summed E-state index contributed by atoms with van der Waals surface area (Å²) in [5, 5.41) is 13.1. The van der Waals surface area contributed by atoms with Gasteiger partial charge in [0.2, 0.25) is 5.56 Å². The molecule has 0 bridgehead atoms. The highest BCUT2D eigenvalue weighted by Crippen LogP contribution is 2.17. The number of β-amino-alcohol motifs (C(OH)–C–C–N with tert-alkyl or cyclic N) is 1. The van der Waals surface area contributed by atoms with Crippen LogP contribution >= 0.6 is 0 Å². The van der Waals surface area contributed by atoms with Crippen LogP contribution in [0, 0.1) is 0 Å². The minimum Gasteiger partial charge on any atom is -0.391 e. The van der Waals surface area contributed by atoms with Crippen LogP contribution in [0.15, 0.2) is 41.3 Å². The Balaban J connectivity index is 1.74. The molecule has 0 radical (unpaired) electrons. The number of rotatable bonds is 4. The van der Waals surface area contributed by atoms with Crippen LogP contribution in [0.1, 0.15) is 52.7 Å². The molecule has 2 aromatic rings. The molecule has 0 saturated carbocycles. The maximum absolute atomic E-state index is 12.8. The van der Waals surface area contributed by atoms with Gasteiger partial charge in [0.25, 0.3) is 11.8 Å². The summed E-state index contributed by atoms with van der Waals surface area (Å²) in [6.45, 7) is 4.25. The zero-order chi connectivity index (χ0) is 20.3. The Morgan fingerprint density at radius 1 is 1.25 bits per heavy atom. The van der Waals surface area contributed by atoms with Crippen molar-refractivity contribution in [2.45, 2.75) is 38.3 Å². The van der Waals surface area contributed by atoms with Crippen molar-refractivity contribution < 1.29 is 14.7 Å². The van der Waals surface area contributed by atoms with Crippen LogP contribution in [0.5, 0.6) is 0 Å². The van der Waals surface area contributed by atoms with Crippen molar-refractivity contribution in [2.75, 3.05) is 13.1 Å². The van der Waals surface area contributed by atoms with Crippen LogP contribution in [0.4, 0.5) is 0 Å². The highest BCUT2D eigenvalue weighted by Gasteiger charge is 2.31. The molecule has 148 valence electrons. The molecule has 0 aliphatic carbocycles. The van der Waals surface area contributed by atoms with Gasteiger partial charge in [-0.2, -0.15) is 0 Å². The Hall–Kier alpha value is -3.00. The van der Waals surface area contributed by atoms with E-state index in [1.54, 1.807) is 18.2 Å². The van der Waals surface area contributed by atoms with Crippen molar-refractivity contribution in [3.63, 3.8) is 0 Å². The third kappa shape index (κ3) is 4.45. The second kappa shape index (κ2) is 8.35. The highest BCUT2D eigenvalue weighted by atomic mass is 16.3. The van der Waals surface area contributed by atoms with Crippen LogP contribution in [-0.4, -0.2) is 57.0 Å². The number of pyridine rings is 2. The number of nitrogens with zero attached hydrogens (tertiary/aromatic N) is 2. The minimum atomic E-state index is -0.744. The van der Waals surface area contributed by atoms with Gasteiger partial charge in [-0.1, -0.05) is 19.9 Å². The number of hydrogen-bond acceptors (Lipinski definition) is 5. The topological polar surface area (TPSA) is 115 Å². The Morgan fingerprint density at radius 2 is 2.04 bits per heavy atom. The number of carbonyl (C=O) groups is 2. The van der Waals surface area contributed by atoms with Crippen molar-refractivity contribution in [3.8, 4) is 0 Å². The fraction of sp³-hybridized carbons (Fsp3) is 0.400. The molecule has 0 aromatic carbocycles. The monoisotopic (exact) mass is 384 g/mol. The number of aliphatic hydroxyl groups excluding tert-OH is 1. The maximum atomic E-state index is 12.8. The first-order valence-electron chi connectivity index (χ1n) is 9.27. The molecule has 1 saturated heterocycles. The first-order chi connectivity index (χ1) is 13.3. The van der Waals surface area contributed by atoms with E-state index in [1.165, 1.54) is 23.2 Å². The van der Waals surface area contributed by atoms with Gasteiger partial charge < -0.3 is 20.3 Å². The molecule has 28 heavy (non-hydrogen) atoms. The fourth-order valence-electron chi connectivity index (χ4n) is 3.40. The Labute approximate surface area is 162 Å². The zero-order valence-electron chi connectivity index (χ0n) is 15.9. The molecule has 2 atom stereocenters. The molecule has 8 nitrogen and oxygen atoms in total. The zero-order valence-corrected chi connectivity index (χ0v) is 15.9. The molecule has 1 aliphatic heterocycles. The van der Waals surface area contributed by atoms with E-state index in [-0.39, 0.29) is 36.4 Å². The van der Waals surface area contributed by atoms with Gasteiger partial charge in [0.05, 0.1) is 11.7 Å². The number of aliphatic hydroxyl groups is 1. The number of H-pyrrole nitrogens is 1. The molecule has 3 N–H and O–H groups in total. The van der Waals surface area contributed by atoms with Crippen molar-refractivity contribution in [2.24, 2.45) is 0 Å². The Kier molecular flexibility index (Phi) is 5.89. The number of aromatic nitrogens is 2. The lowest BCUT2D eigenvalue weighted by Gasteiger charge is -2.36. The van der Waals surface area contributed by atoms with Gasteiger partial charge in [-0.15, -0.1) is 0 Å². The molecule has 2 amide bonds. The summed E-state index contributed by atoms with van der Waals surface area (Å²) in [4.78, 5) is 45.3. The van der Waals surface area contributed by atoms with Gasteiger partial charge in [-0.25, -0.2) is 0 Å². The van der Waals surface area contributed by atoms with Gasteiger partial charge in [0.1, 0.15) is 5.69 Å². The minimum absolute atomic E-state index is 0.0335. The van der Waals surface area contributed by atoms with Crippen molar-refractivity contribution >= 4 is 11.8 Å². The van der Waals surface area contributed by atoms with Crippen LogP contribution in [-0.2, 0) is 0 Å². The average molecular weight is 384 g/mol. The van der Waals surface area contributed by atoms with E-state index >= 15 is 0 Å².